The number of carbonyl (C=O) groups excluding carboxylic acids is 2. The first-order chi connectivity index (χ1) is 8.68. The van der Waals surface area contributed by atoms with E-state index in [9.17, 15) is 9.59 Å². The molecule has 0 bridgehead atoms. The molecule has 0 aliphatic carbocycles. The molecule has 1 aromatic rings. The maximum atomic E-state index is 12.3. The highest BCUT2D eigenvalue weighted by atomic mass is 79.9. The van der Waals surface area contributed by atoms with Crippen molar-refractivity contribution >= 4 is 33.6 Å². The van der Waals surface area contributed by atoms with Gasteiger partial charge in [0.2, 0.25) is 0 Å². The number of halogens is 1. The van der Waals surface area contributed by atoms with Gasteiger partial charge in [0.05, 0.1) is 5.69 Å². The van der Waals surface area contributed by atoms with Crippen molar-refractivity contribution < 1.29 is 9.59 Å². The van der Waals surface area contributed by atoms with Crippen molar-refractivity contribution in [1.29, 1.82) is 0 Å². The number of imide groups is 1. The number of hydrogen-bond acceptors (Lipinski definition) is 2. The van der Waals surface area contributed by atoms with Crippen molar-refractivity contribution in [3.63, 3.8) is 0 Å². The van der Waals surface area contributed by atoms with Gasteiger partial charge in [0.25, 0.3) is 5.91 Å². The molecule has 94 valence electrons. The molecule has 2 fully saturated rings. The molecule has 0 aromatic heterocycles. The third-order valence-corrected chi connectivity index (χ3v) is 4.00. The number of benzene rings is 1. The number of hydrogen-bond donors (Lipinski definition) is 0. The SMILES string of the molecule is O=C1C2CCCCN2C(=O)N1c1cccc(Br)c1. The van der Waals surface area contributed by atoms with Crippen LogP contribution >= 0.6 is 15.9 Å². The van der Waals surface area contributed by atoms with E-state index in [2.05, 4.69) is 15.9 Å². The largest absolute Gasteiger partial charge is 0.332 e. The second-order valence-corrected chi connectivity index (χ2v) is 5.56. The summed E-state index contributed by atoms with van der Waals surface area (Å²) in [5, 5.41) is 0. The highest BCUT2D eigenvalue weighted by Gasteiger charge is 2.46. The molecule has 0 spiro atoms. The number of rotatable bonds is 1. The van der Waals surface area contributed by atoms with E-state index in [1.54, 1.807) is 17.0 Å². The van der Waals surface area contributed by atoms with E-state index < -0.39 is 0 Å². The number of urea groups is 1. The molecule has 2 aliphatic rings. The van der Waals surface area contributed by atoms with Crippen LogP contribution in [0.1, 0.15) is 19.3 Å². The van der Waals surface area contributed by atoms with Gasteiger partial charge in [0.1, 0.15) is 6.04 Å². The summed E-state index contributed by atoms with van der Waals surface area (Å²) in [7, 11) is 0. The highest BCUT2D eigenvalue weighted by Crippen LogP contribution is 2.31. The third-order valence-electron chi connectivity index (χ3n) is 3.51. The van der Waals surface area contributed by atoms with Crippen molar-refractivity contribution in [3.8, 4) is 0 Å². The zero-order valence-corrected chi connectivity index (χ0v) is 11.4. The minimum absolute atomic E-state index is 0.0854. The highest BCUT2D eigenvalue weighted by molar-refractivity contribution is 9.10. The van der Waals surface area contributed by atoms with Crippen LogP contribution in [0.15, 0.2) is 28.7 Å². The number of nitrogens with zero attached hydrogens (tertiary/aromatic N) is 2. The van der Waals surface area contributed by atoms with Crippen LogP contribution in [0.3, 0.4) is 0 Å². The Hall–Kier alpha value is -1.36. The van der Waals surface area contributed by atoms with E-state index in [4.69, 9.17) is 0 Å². The molecule has 2 saturated heterocycles. The summed E-state index contributed by atoms with van der Waals surface area (Å²) < 4.78 is 0.866. The van der Waals surface area contributed by atoms with Crippen LogP contribution in [0, 0.1) is 0 Å². The average Bonchev–Trinajstić information content (AvgIpc) is 2.63. The second kappa shape index (κ2) is 4.39. The minimum atomic E-state index is -0.245. The summed E-state index contributed by atoms with van der Waals surface area (Å²) in [6.45, 7) is 0.694. The van der Waals surface area contributed by atoms with E-state index in [0.29, 0.717) is 12.2 Å². The molecule has 0 N–H and O–H groups in total. The van der Waals surface area contributed by atoms with Gasteiger partial charge in [0, 0.05) is 11.0 Å². The smallest absolute Gasteiger partial charge is 0.312 e. The third kappa shape index (κ3) is 1.73. The zero-order chi connectivity index (χ0) is 12.7. The molecule has 5 heteroatoms. The molecule has 1 aromatic carbocycles. The lowest BCUT2D eigenvalue weighted by Crippen LogP contribution is -2.39. The average molecular weight is 309 g/mol. The van der Waals surface area contributed by atoms with E-state index in [-0.39, 0.29) is 18.0 Å². The Balaban J connectivity index is 1.97. The standard InChI is InChI=1S/C13H13BrN2O2/c14-9-4-3-5-10(8-9)16-12(17)11-6-1-2-7-15(11)13(16)18/h3-5,8,11H,1-2,6-7H2. The van der Waals surface area contributed by atoms with Crippen molar-refractivity contribution in [2.75, 3.05) is 11.4 Å². The van der Waals surface area contributed by atoms with Crippen LogP contribution in [0.2, 0.25) is 0 Å². The normalized spacial score (nSPS) is 23.5. The van der Waals surface area contributed by atoms with Crippen LogP contribution < -0.4 is 4.90 Å². The van der Waals surface area contributed by atoms with Crippen LogP contribution in [0.5, 0.6) is 0 Å². The van der Waals surface area contributed by atoms with E-state index in [0.717, 1.165) is 23.7 Å². The Bertz CT molecular complexity index is 493. The molecular weight excluding hydrogens is 296 g/mol. The van der Waals surface area contributed by atoms with Gasteiger partial charge in [-0.05, 0) is 37.5 Å². The summed E-state index contributed by atoms with van der Waals surface area (Å²) in [6, 6.07) is 6.87. The van der Waals surface area contributed by atoms with Crippen molar-refractivity contribution in [1.82, 2.24) is 4.90 Å². The summed E-state index contributed by atoms with van der Waals surface area (Å²) in [4.78, 5) is 27.6. The number of anilines is 1. The van der Waals surface area contributed by atoms with Gasteiger partial charge in [-0.1, -0.05) is 22.0 Å². The molecule has 3 amide bonds. The van der Waals surface area contributed by atoms with Crippen molar-refractivity contribution in [3.05, 3.63) is 28.7 Å². The topological polar surface area (TPSA) is 40.6 Å². The lowest BCUT2D eigenvalue weighted by Gasteiger charge is -2.25. The van der Waals surface area contributed by atoms with Gasteiger partial charge >= 0.3 is 6.03 Å². The number of piperidine rings is 1. The van der Waals surface area contributed by atoms with E-state index >= 15 is 0 Å². The molecule has 0 saturated carbocycles. The molecule has 1 unspecified atom stereocenters. The Morgan fingerprint density at radius 2 is 2.06 bits per heavy atom. The Morgan fingerprint density at radius 1 is 1.22 bits per heavy atom. The van der Waals surface area contributed by atoms with E-state index in [1.165, 1.54) is 4.90 Å². The molecule has 3 rings (SSSR count). The molecular formula is C13H13BrN2O2. The van der Waals surface area contributed by atoms with Crippen LogP contribution in [-0.2, 0) is 4.79 Å². The molecule has 0 radical (unpaired) electrons. The first kappa shape index (κ1) is 11.7. The fraction of sp³-hybridized carbons (Fsp3) is 0.385. The molecule has 1 atom stereocenters. The fourth-order valence-electron chi connectivity index (χ4n) is 2.64. The molecule has 2 aliphatic heterocycles. The predicted molar refractivity (Wildman–Crippen MR) is 71.4 cm³/mol. The first-order valence-electron chi connectivity index (χ1n) is 6.08. The maximum Gasteiger partial charge on any atom is 0.332 e. The molecule has 18 heavy (non-hydrogen) atoms. The minimum Gasteiger partial charge on any atom is -0.312 e. The number of amides is 3. The van der Waals surface area contributed by atoms with Crippen LogP contribution in [0.25, 0.3) is 0 Å². The van der Waals surface area contributed by atoms with Crippen LogP contribution in [0.4, 0.5) is 10.5 Å². The Morgan fingerprint density at radius 3 is 2.78 bits per heavy atom. The summed E-state index contributed by atoms with van der Waals surface area (Å²) in [5.74, 6) is -0.0854. The lowest BCUT2D eigenvalue weighted by atomic mass is 10.0. The first-order valence-corrected chi connectivity index (χ1v) is 6.88. The van der Waals surface area contributed by atoms with E-state index in [1.807, 2.05) is 12.1 Å². The summed E-state index contributed by atoms with van der Waals surface area (Å²) in [6.07, 6.45) is 2.80. The predicted octanol–water partition coefficient (Wildman–Crippen LogP) is 2.77. The monoisotopic (exact) mass is 308 g/mol. The van der Waals surface area contributed by atoms with Crippen molar-refractivity contribution in [2.45, 2.75) is 25.3 Å². The van der Waals surface area contributed by atoms with Gasteiger partial charge in [0.15, 0.2) is 0 Å². The Labute approximate surface area is 114 Å². The van der Waals surface area contributed by atoms with Crippen molar-refractivity contribution in [2.24, 2.45) is 0 Å². The van der Waals surface area contributed by atoms with Gasteiger partial charge in [-0.25, -0.2) is 9.69 Å². The Kier molecular flexibility index (Phi) is 2.86. The van der Waals surface area contributed by atoms with Gasteiger partial charge in [-0.15, -0.1) is 0 Å². The molecule has 4 nitrogen and oxygen atoms in total. The van der Waals surface area contributed by atoms with Gasteiger partial charge in [-0.3, -0.25) is 4.79 Å². The number of fused-ring (bicyclic) bond motifs is 1. The number of carbonyl (C=O) groups is 2. The molecule has 2 heterocycles. The van der Waals surface area contributed by atoms with Gasteiger partial charge < -0.3 is 4.90 Å². The van der Waals surface area contributed by atoms with Crippen LogP contribution in [-0.4, -0.2) is 29.4 Å². The maximum absolute atomic E-state index is 12.3. The lowest BCUT2D eigenvalue weighted by molar-refractivity contribution is -0.120. The quantitative estimate of drug-likeness (QED) is 0.749. The second-order valence-electron chi connectivity index (χ2n) is 4.64. The zero-order valence-electron chi connectivity index (χ0n) is 9.80. The fourth-order valence-corrected chi connectivity index (χ4v) is 3.03. The van der Waals surface area contributed by atoms with Gasteiger partial charge in [-0.2, -0.15) is 0 Å². The summed E-state index contributed by atoms with van der Waals surface area (Å²) >= 11 is 3.36. The summed E-state index contributed by atoms with van der Waals surface area (Å²) in [5.41, 5.74) is 0.647.